The van der Waals surface area contributed by atoms with E-state index in [2.05, 4.69) is 0 Å². The van der Waals surface area contributed by atoms with Crippen LogP contribution >= 0.6 is 0 Å². The normalized spacial score (nSPS) is 21.6. The maximum atomic E-state index is 11.7. The Hall–Kier alpha value is -1.55. The molecule has 0 aromatic heterocycles. The van der Waals surface area contributed by atoms with Crippen LogP contribution in [-0.2, 0) is 9.53 Å². The molecule has 4 heteroatoms. The van der Waals surface area contributed by atoms with E-state index in [4.69, 9.17) is 9.47 Å². The highest BCUT2D eigenvalue weighted by Gasteiger charge is 2.30. The number of morpholine rings is 1. The van der Waals surface area contributed by atoms with Gasteiger partial charge in [0.25, 0.3) is 0 Å². The fourth-order valence-corrected chi connectivity index (χ4v) is 1.85. The van der Waals surface area contributed by atoms with Crippen molar-refractivity contribution in [2.24, 2.45) is 0 Å². The molecule has 0 saturated carbocycles. The SMILES string of the molecule is COc1ccc(C2C(=O)OCCN2C)cc1. The quantitative estimate of drug-likeness (QED) is 0.704. The number of hydrogen-bond donors (Lipinski definition) is 0. The minimum Gasteiger partial charge on any atom is -0.497 e. The lowest BCUT2D eigenvalue weighted by Gasteiger charge is -2.31. The zero-order valence-electron chi connectivity index (χ0n) is 9.47. The third kappa shape index (κ3) is 2.02. The molecule has 0 amide bonds. The summed E-state index contributed by atoms with van der Waals surface area (Å²) in [6.07, 6.45) is 0. The summed E-state index contributed by atoms with van der Waals surface area (Å²) in [6.45, 7) is 1.24. The van der Waals surface area contributed by atoms with Gasteiger partial charge in [0, 0.05) is 6.54 Å². The summed E-state index contributed by atoms with van der Waals surface area (Å²) in [6, 6.07) is 7.20. The Balaban J connectivity index is 2.23. The van der Waals surface area contributed by atoms with Crippen molar-refractivity contribution in [1.82, 2.24) is 4.90 Å². The van der Waals surface area contributed by atoms with E-state index in [1.807, 2.05) is 36.2 Å². The van der Waals surface area contributed by atoms with Crippen LogP contribution < -0.4 is 4.74 Å². The standard InChI is InChI=1S/C12H15NO3/c1-13-7-8-16-12(14)11(13)9-3-5-10(15-2)6-4-9/h3-6,11H,7-8H2,1-2H3. The highest BCUT2D eigenvalue weighted by Crippen LogP contribution is 2.25. The average molecular weight is 221 g/mol. The molecule has 1 aliphatic rings. The molecule has 1 fully saturated rings. The number of ether oxygens (including phenoxy) is 2. The predicted octanol–water partition coefficient (Wildman–Crippen LogP) is 1.22. The van der Waals surface area contributed by atoms with Crippen molar-refractivity contribution in [2.75, 3.05) is 27.3 Å². The van der Waals surface area contributed by atoms with Crippen molar-refractivity contribution in [3.63, 3.8) is 0 Å². The molecule has 1 aromatic rings. The Morgan fingerprint density at radius 2 is 2.06 bits per heavy atom. The van der Waals surface area contributed by atoms with Gasteiger partial charge in [-0.2, -0.15) is 0 Å². The summed E-state index contributed by atoms with van der Waals surface area (Å²) in [5.74, 6) is 0.606. The van der Waals surface area contributed by atoms with Crippen molar-refractivity contribution in [2.45, 2.75) is 6.04 Å². The number of carbonyl (C=O) groups is 1. The smallest absolute Gasteiger partial charge is 0.328 e. The molecule has 0 bridgehead atoms. The second-order valence-corrected chi connectivity index (χ2v) is 3.82. The van der Waals surface area contributed by atoms with E-state index < -0.39 is 0 Å². The van der Waals surface area contributed by atoms with Crippen LogP contribution in [-0.4, -0.2) is 38.2 Å². The maximum Gasteiger partial charge on any atom is 0.328 e. The second kappa shape index (κ2) is 4.53. The Bertz CT molecular complexity index is 374. The number of likely N-dealkylation sites (N-methyl/N-ethyl adjacent to an activating group) is 1. The molecule has 0 spiro atoms. The van der Waals surface area contributed by atoms with Crippen molar-refractivity contribution in [3.8, 4) is 5.75 Å². The molecule has 1 atom stereocenters. The predicted molar refractivity (Wildman–Crippen MR) is 59.3 cm³/mol. The van der Waals surface area contributed by atoms with Crippen LogP contribution in [0.3, 0.4) is 0 Å². The molecular weight excluding hydrogens is 206 g/mol. The van der Waals surface area contributed by atoms with Gasteiger partial charge in [-0.15, -0.1) is 0 Å². The van der Waals surface area contributed by atoms with Crippen LogP contribution in [0, 0.1) is 0 Å². The van der Waals surface area contributed by atoms with E-state index in [0.29, 0.717) is 6.61 Å². The van der Waals surface area contributed by atoms with Crippen molar-refractivity contribution >= 4 is 5.97 Å². The number of benzene rings is 1. The molecule has 4 nitrogen and oxygen atoms in total. The van der Waals surface area contributed by atoms with E-state index in [-0.39, 0.29) is 12.0 Å². The minimum atomic E-state index is -0.292. The molecule has 0 radical (unpaired) electrons. The van der Waals surface area contributed by atoms with Crippen LogP contribution in [0.2, 0.25) is 0 Å². The molecule has 0 N–H and O–H groups in total. The highest BCUT2D eigenvalue weighted by atomic mass is 16.5. The monoisotopic (exact) mass is 221 g/mol. The van der Waals surface area contributed by atoms with Crippen molar-refractivity contribution < 1.29 is 14.3 Å². The minimum absolute atomic E-state index is 0.182. The van der Waals surface area contributed by atoms with Crippen LogP contribution in [0.5, 0.6) is 5.75 Å². The van der Waals surface area contributed by atoms with Gasteiger partial charge in [-0.25, -0.2) is 4.79 Å². The summed E-state index contributed by atoms with van der Waals surface area (Å²) in [5, 5.41) is 0. The van der Waals surface area contributed by atoms with Gasteiger partial charge >= 0.3 is 5.97 Å². The first-order valence-electron chi connectivity index (χ1n) is 5.23. The Kier molecular flexibility index (Phi) is 3.10. The van der Waals surface area contributed by atoms with Gasteiger partial charge in [-0.3, -0.25) is 4.90 Å². The van der Waals surface area contributed by atoms with Crippen LogP contribution in [0.25, 0.3) is 0 Å². The average Bonchev–Trinajstić information content (AvgIpc) is 2.30. The van der Waals surface area contributed by atoms with Gasteiger partial charge in [-0.1, -0.05) is 12.1 Å². The van der Waals surface area contributed by atoms with E-state index in [0.717, 1.165) is 17.9 Å². The van der Waals surface area contributed by atoms with Gasteiger partial charge in [0.2, 0.25) is 0 Å². The Labute approximate surface area is 94.8 Å². The van der Waals surface area contributed by atoms with Gasteiger partial charge in [0.1, 0.15) is 18.4 Å². The zero-order valence-corrected chi connectivity index (χ0v) is 9.47. The molecule has 16 heavy (non-hydrogen) atoms. The topological polar surface area (TPSA) is 38.8 Å². The van der Waals surface area contributed by atoms with Gasteiger partial charge in [0.05, 0.1) is 7.11 Å². The second-order valence-electron chi connectivity index (χ2n) is 3.82. The number of methoxy groups -OCH3 is 1. The molecule has 86 valence electrons. The summed E-state index contributed by atoms with van der Waals surface area (Å²) in [5.41, 5.74) is 0.938. The fourth-order valence-electron chi connectivity index (χ4n) is 1.85. The van der Waals surface area contributed by atoms with Crippen LogP contribution in [0.1, 0.15) is 11.6 Å². The fraction of sp³-hybridized carbons (Fsp3) is 0.417. The number of rotatable bonds is 2. The third-order valence-corrected chi connectivity index (χ3v) is 2.78. The summed E-state index contributed by atoms with van der Waals surface area (Å²) < 4.78 is 10.1. The molecule has 1 heterocycles. The molecule has 1 unspecified atom stereocenters. The summed E-state index contributed by atoms with van der Waals surface area (Å²) in [4.78, 5) is 13.7. The first kappa shape index (κ1) is 11.0. The van der Waals surface area contributed by atoms with Gasteiger partial charge < -0.3 is 9.47 Å². The van der Waals surface area contributed by atoms with E-state index in [1.54, 1.807) is 7.11 Å². The van der Waals surface area contributed by atoms with Gasteiger partial charge in [0.15, 0.2) is 0 Å². The largest absolute Gasteiger partial charge is 0.497 e. The Morgan fingerprint density at radius 3 is 2.62 bits per heavy atom. The third-order valence-electron chi connectivity index (χ3n) is 2.78. The van der Waals surface area contributed by atoms with Gasteiger partial charge in [-0.05, 0) is 24.7 Å². The zero-order chi connectivity index (χ0) is 11.5. The lowest BCUT2D eigenvalue weighted by atomic mass is 10.0. The van der Waals surface area contributed by atoms with Crippen molar-refractivity contribution in [3.05, 3.63) is 29.8 Å². The van der Waals surface area contributed by atoms with E-state index >= 15 is 0 Å². The summed E-state index contributed by atoms with van der Waals surface area (Å²) in [7, 11) is 3.55. The first-order chi connectivity index (χ1) is 7.72. The van der Waals surface area contributed by atoms with Crippen LogP contribution in [0.4, 0.5) is 0 Å². The Morgan fingerprint density at radius 1 is 1.38 bits per heavy atom. The molecule has 2 rings (SSSR count). The van der Waals surface area contributed by atoms with Crippen molar-refractivity contribution in [1.29, 1.82) is 0 Å². The van der Waals surface area contributed by atoms with E-state index in [9.17, 15) is 4.79 Å². The lowest BCUT2D eigenvalue weighted by Crippen LogP contribution is -2.40. The molecule has 1 aliphatic heterocycles. The number of cyclic esters (lactones) is 1. The highest BCUT2D eigenvalue weighted by molar-refractivity contribution is 5.78. The number of esters is 1. The lowest BCUT2D eigenvalue weighted by molar-refractivity contribution is -0.156. The molecule has 1 saturated heterocycles. The molecular formula is C12H15NO3. The molecule has 1 aromatic carbocycles. The summed E-state index contributed by atoms with van der Waals surface area (Å²) >= 11 is 0. The molecule has 0 aliphatic carbocycles. The number of hydrogen-bond acceptors (Lipinski definition) is 4. The first-order valence-corrected chi connectivity index (χ1v) is 5.23. The maximum absolute atomic E-state index is 11.7. The number of carbonyl (C=O) groups excluding carboxylic acids is 1. The van der Waals surface area contributed by atoms with E-state index in [1.165, 1.54) is 0 Å². The van der Waals surface area contributed by atoms with Crippen LogP contribution in [0.15, 0.2) is 24.3 Å². The number of nitrogens with zero attached hydrogens (tertiary/aromatic N) is 1.